The number of nitrogens with one attached hydrogen (secondary N) is 2. The van der Waals surface area contributed by atoms with E-state index in [1.54, 1.807) is 0 Å². The van der Waals surface area contributed by atoms with Crippen LogP contribution in [-0.4, -0.2) is 42.3 Å². The first kappa shape index (κ1) is 24.8. The van der Waals surface area contributed by atoms with E-state index < -0.39 is 12.1 Å². The van der Waals surface area contributed by atoms with E-state index in [-0.39, 0.29) is 42.7 Å². The second kappa shape index (κ2) is 11.4. The van der Waals surface area contributed by atoms with Crippen LogP contribution >= 0.6 is 0 Å². The smallest absolute Gasteiger partial charge is 0.407 e. The van der Waals surface area contributed by atoms with Crippen LogP contribution in [0.25, 0.3) is 11.1 Å². The molecule has 0 saturated heterocycles. The van der Waals surface area contributed by atoms with E-state index in [1.165, 1.54) is 11.1 Å². The summed E-state index contributed by atoms with van der Waals surface area (Å²) in [5.74, 6) is -1.28. The SMILES string of the molecule is CCC(CNC(=O)OCC1c2ccccc2-c2ccccc21)CC(=O)N[C@H]1CCC[C@@H](C(=O)O)C1. The van der Waals surface area contributed by atoms with Gasteiger partial charge < -0.3 is 20.5 Å². The van der Waals surface area contributed by atoms with Crippen molar-refractivity contribution in [1.82, 2.24) is 10.6 Å². The zero-order chi connectivity index (χ0) is 24.8. The molecule has 35 heavy (non-hydrogen) atoms. The van der Waals surface area contributed by atoms with Crippen molar-refractivity contribution in [2.45, 2.75) is 57.4 Å². The third kappa shape index (κ3) is 6.02. The molecule has 7 nitrogen and oxygen atoms in total. The van der Waals surface area contributed by atoms with Crippen LogP contribution in [0.3, 0.4) is 0 Å². The summed E-state index contributed by atoms with van der Waals surface area (Å²) in [6.45, 7) is 2.59. The monoisotopic (exact) mass is 478 g/mol. The van der Waals surface area contributed by atoms with Gasteiger partial charge in [-0.25, -0.2) is 4.79 Å². The molecule has 1 unspecified atom stereocenters. The van der Waals surface area contributed by atoms with Gasteiger partial charge in [0.15, 0.2) is 0 Å². The molecule has 0 bridgehead atoms. The summed E-state index contributed by atoms with van der Waals surface area (Å²) in [6.07, 6.45) is 3.31. The predicted molar refractivity (Wildman–Crippen MR) is 133 cm³/mol. The number of carboxylic acid groups (broad SMARTS) is 1. The predicted octanol–water partition coefficient (Wildman–Crippen LogP) is 4.70. The van der Waals surface area contributed by atoms with Crippen molar-refractivity contribution in [3.05, 3.63) is 59.7 Å². The zero-order valence-electron chi connectivity index (χ0n) is 20.2. The lowest BCUT2D eigenvalue weighted by atomic mass is 9.85. The molecule has 2 aromatic carbocycles. The van der Waals surface area contributed by atoms with E-state index in [0.29, 0.717) is 19.4 Å². The molecule has 2 amide bonds. The number of carbonyl (C=O) groups is 3. The Morgan fingerprint density at radius 1 is 1.03 bits per heavy atom. The van der Waals surface area contributed by atoms with Crippen LogP contribution in [0, 0.1) is 11.8 Å². The van der Waals surface area contributed by atoms with E-state index in [0.717, 1.165) is 30.4 Å². The van der Waals surface area contributed by atoms with Crippen LogP contribution in [0.15, 0.2) is 48.5 Å². The number of carboxylic acids is 1. The molecule has 2 aliphatic carbocycles. The highest BCUT2D eigenvalue weighted by molar-refractivity contribution is 5.79. The zero-order valence-corrected chi connectivity index (χ0v) is 20.2. The van der Waals surface area contributed by atoms with Gasteiger partial charge in [-0.2, -0.15) is 0 Å². The molecule has 0 spiro atoms. The Hall–Kier alpha value is -3.35. The minimum Gasteiger partial charge on any atom is -0.481 e. The summed E-state index contributed by atoms with van der Waals surface area (Å²) in [4.78, 5) is 36.2. The first-order chi connectivity index (χ1) is 17.0. The van der Waals surface area contributed by atoms with E-state index in [4.69, 9.17) is 4.74 Å². The second-order valence-electron chi connectivity index (χ2n) is 9.65. The molecule has 0 radical (unpaired) electrons. The molecule has 2 aliphatic rings. The van der Waals surface area contributed by atoms with E-state index in [2.05, 4.69) is 34.9 Å². The molecule has 3 atom stereocenters. The van der Waals surface area contributed by atoms with Crippen molar-refractivity contribution >= 4 is 18.0 Å². The van der Waals surface area contributed by atoms with Crippen molar-refractivity contribution in [2.75, 3.05) is 13.2 Å². The van der Waals surface area contributed by atoms with Gasteiger partial charge >= 0.3 is 12.1 Å². The number of hydrogen-bond donors (Lipinski definition) is 3. The lowest BCUT2D eigenvalue weighted by Crippen LogP contribution is -2.41. The first-order valence-corrected chi connectivity index (χ1v) is 12.6. The average molecular weight is 479 g/mol. The Kier molecular flexibility index (Phi) is 8.06. The number of amides is 2. The second-order valence-corrected chi connectivity index (χ2v) is 9.65. The van der Waals surface area contributed by atoms with Gasteiger partial charge in [0.1, 0.15) is 6.61 Å². The number of alkyl carbamates (subject to hydrolysis) is 1. The number of fused-ring (bicyclic) bond motifs is 3. The number of hydrogen-bond acceptors (Lipinski definition) is 4. The van der Waals surface area contributed by atoms with Gasteiger partial charge in [-0.05, 0) is 47.4 Å². The Bertz CT molecular complexity index is 1020. The summed E-state index contributed by atoms with van der Waals surface area (Å²) < 4.78 is 5.59. The third-order valence-electron chi connectivity index (χ3n) is 7.32. The molecule has 0 heterocycles. The minimum absolute atomic E-state index is 0.00558. The summed E-state index contributed by atoms with van der Waals surface area (Å²) in [5.41, 5.74) is 4.69. The number of benzene rings is 2. The van der Waals surface area contributed by atoms with Gasteiger partial charge in [-0.1, -0.05) is 68.3 Å². The average Bonchev–Trinajstić information content (AvgIpc) is 3.19. The maximum Gasteiger partial charge on any atom is 0.407 e. The molecular formula is C28H34N2O5. The highest BCUT2D eigenvalue weighted by Crippen LogP contribution is 2.44. The fourth-order valence-corrected chi connectivity index (χ4v) is 5.33. The molecule has 1 saturated carbocycles. The standard InChI is InChI=1S/C28H34N2O5/c1-2-18(14-26(31)30-20-9-7-8-19(15-20)27(32)33)16-29-28(34)35-17-25-23-12-5-3-10-21(23)22-11-4-6-13-24(22)25/h3-6,10-13,18-20,25H,2,7-9,14-17H2,1H3,(H,29,34)(H,30,31)(H,32,33)/t18?,19-,20+/m1/s1. The van der Waals surface area contributed by atoms with E-state index in [1.807, 2.05) is 31.2 Å². The summed E-state index contributed by atoms with van der Waals surface area (Å²) in [6, 6.07) is 16.3. The van der Waals surface area contributed by atoms with Crippen LogP contribution in [0.1, 0.15) is 62.5 Å². The van der Waals surface area contributed by atoms with Crippen LogP contribution in [0.2, 0.25) is 0 Å². The molecule has 7 heteroatoms. The molecule has 3 N–H and O–H groups in total. The van der Waals surface area contributed by atoms with Crippen molar-refractivity contribution in [2.24, 2.45) is 11.8 Å². The normalized spacial score (nSPS) is 19.8. The molecular weight excluding hydrogens is 444 g/mol. The molecule has 2 aromatic rings. The largest absolute Gasteiger partial charge is 0.481 e. The topological polar surface area (TPSA) is 105 Å². The van der Waals surface area contributed by atoms with Crippen molar-refractivity contribution in [3.63, 3.8) is 0 Å². The van der Waals surface area contributed by atoms with Crippen molar-refractivity contribution in [3.8, 4) is 11.1 Å². The van der Waals surface area contributed by atoms with Crippen LogP contribution in [0.5, 0.6) is 0 Å². The third-order valence-corrected chi connectivity index (χ3v) is 7.32. The number of aliphatic carboxylic acids is 1. The maximum atomic E-state index is 12.5. The van der Waals surface area contributed by atoms with Gasteiger partial charge in [0.25, 0.3) is 0 Å². The maximum absolute atomic E-state index is 12.5. The number of carbonyl (C=O) groups excluding carboxylic acids is 2. The van der Waals surface area contributed by atoms with E-state index >= 15 is 0 Å². The Labute approximate surface area is 206 Å². The van der Waals surface area contributed by atoms with Gasteiger partial charge in [0, 0.05) is 24.9 Å². The quantitative estimate of drug-likeness (QED) is 0.485. The lowest BCUT2D eigenvalue weighted by molar-refractivity contribution is -0.143. The molecule has 4 rings (SSSR count). The number of rotatable bonds is 9. The fraction of sp³-hybridized carbons (Fsp3) is 0.464. The summed E-state index contributed by atoms with van der Waals surface area (Å²) in [5, 5.41) is 15.0. The summed E-state index contributed by atoms with van der Waals surface area (Å²) in [7, 11) is 0. The highest BCUT2D eigenvalue weighted by atomic mass is 16.5. The Balaban J connectivity index is 1.24. The highest BCUT2D eigenvalue weighted by Gasteiger charge is 2.30. The van der Waals surface area contributed by atoms with Crippen LogP contribution in [-0.2, 0) is 14.3 Å². The van der Waals surface area contributed by atoms with Crippen LogP contribution < -0.4 is 10.6 Å². The Morgan fingerprint density at radius 2 is 1.69 bits per heavy atom. The Morgan fingerprint density at radius 3 is 2.31 bits per heavy atom. The van der Waals surface area contributed by atoms with Gasteiger partial charge in [-0.15, -0.1) is 0 Å². The molecule has 0 aliphatic heterocycles. The lowest BCUT2D eigenvalue weighted by Gasteiger charge is -2.28. The van der Waals surface area contributed by atoms with Crippen molar-refractivity contribution < 1.29 is 24.2 Å². The molecule has 186 valence electrons. The van der Waals surface area contributed by atoms with Gasteiger partial charge in [-0.3, -0.25) is 9.59 Å². The molecule has 1 fully saturated rings. The number of ether oxygens (including phenoxy) is 1. The van der Waals surface area contributed by atoms with Gasteiger partial charge in [0.05, 0.1) is 5.92 Å². The molecule has 0 aromatic heterocycles. The minimum atomic E-state index is -0.789. The van der Waals surface area contributed by atoms with Crippen LogP contribution in [0.4, 0.5) is 4.79 Å². The first-order valence-electron chi connectivity index (χ1n) is 12.6. The van der Waals surface area contributed by atoms with Crippen molar-refractivity contribution in [1.29, 1.82) is 0 Å². The fourth-order valence-electron chi connectivity index (χ4n) is 5.33. The van der Waals surface area contributed by atoms with E-state index in [9.17, 15) is 19.5 Å². The summed E-state index contributed by atoms with van der Waals surface area (Å²) >= 11 is 0. The van der Waals surface area contributed by atoms with Gasteiger partial charge in [0.2, 0.25) is 5.91 Å².